The monoisotopic (exact) mass is 556 g/mol. The van der Waals surface area contributed by atoms with Gasteiger partial charge in [-0.3, -0.25) is 9.59 Å². The van der Waals surface area contributed by atoms with Crippen molar-refractivity contribution in [3.63, 3.8) is 0 Å². The van der Waals surface area contributed by atoms with Gasteiger partial charge >= 0.3 is 49.0 Å². The Bertz CT molecular complexity index is 765. The molecule has 0 aromatic heterocycles. The van der Waals surface area contributed by atoms with E-state index in [1.807, 2.05) is 0 Å². The molecular weight excluding hydrogens is 554 g/mol. The first kappa shape index (κ1) is 32.0. The third kappa shape index (κ3) is 7.23. The van der Waals surface area contributed by atoms with Gasteiger partial charge in [0, 0.05) is 0 Å². The molecule has 0 aromatic carbocycles. The third-order valence-electron chi connectivity index (χ3n) is 2.79. The van der Waals surface area contributed by atoms with Crippen LogP contribution in [0, 0.1) is 0 Å². The number of alkyl halides is 18. The maximum atomic E-state index is 13.1. The second kappa shape index (κ2) is 8.87. The Labute approximate surface area is 171 Å². The van der Waals surface area contributed by atoms with Gasteiger partial charge < -0.3 is 0 Å². The summed E-state index contributed by atoms with van der Waals surface area (Å²) in [7, 11) is 0. The fourth-order valence-corrected chi connectivity index (χ4v) is 1.28. The van der Waals surface area contributed by atoms with Gasteiger partial charge in [-0.05, 0) is 0 Å². The van der Waals surface area contributed by atoms with Crippen molar-refractivity contribution in [2.24, 2.45) is 0 Å². The summed E-state index contributed by atoms with van der Waals surface area (Å²) < 4.78 is 229. The predicted molar refractivity (Wildman–Crippen MR) is 59.7 cm³/mol. The number of Topliss-reactive ketones (excluding diaryl/α,β-unsaturated/α-hetero) is 2. The highest BCUT2D eigenvalue weighted by molar-refractivity contribution is 6.04. The van der Waals surface area contributed by atoms with Crippen molar-refractivity contribution in [2.45, 2.75) is 55.4 Å². The average molecular weight is 556 g/mol. The van der Waals surface area contributed by atoms with Crippen molar-refractivity contribution in [3.05, 3.63) is 0 Å². The normalized spacial score (nSPS) is 15.5. The highest BCUT2D eigenvalue weighted by atomic mass is 19.4. The Morgan fingerprint density at radius 1 is 0.471 bits per heavy atom. The summed E-state index contributed by atoms with van der Waals surface area (Å²) in [6.45, 7) is 0. The number of hydrogen-bond donors (Lipinski definition) is 0. The van der Waals surface area contributed by atoms with E-state index in [-0.39, 0.29) is 0 Å². The van der Waals surface area contributed by atoms with Gasteiger partial charge in [0.25, 0.3) is 0 Å². The Hall–Kier alpha value is -2.04. The molecule has 0 saturated carbocycles. The van der Waals surface area contributed by atoms with E-state index in [1.165, 1.54) is 9.47 Å². The van der Waals surface area contributed by atoms with Crippen molar-refractivity contribution < 1.29 is 103 Å². The molecule has 0 aliphatic heterocycles. The van der Waals surface area contributed by atoms with Crippen LogP contribution >= 0.6 is 0 Å². The zero-order valence-electron chi connectivity index (χ0n) is 14.6. The fourth-order valence-electron chi connectivity index (χ4n) is 1.28. The van der Waals surface area contributed by atoms with Crippen molar-refractivity contribution in [1.29, 1.82) is 0 Å². The van der Waals surface area contributed by atoms with E-state index in [9.17, 15) is 88.6 Å². The van der Waals surface area contributed by atoms with E-state index < -0.39 is 67.0 Å². The quantitative estimate of drug-likeness (QED) is 0.257. The van der Waals surface area contributed by atoms with Crippen LogP contribution in [0.3, 0.4) is 0 Å². The van der Waals surface area contributed by atoms with Crippen LogP contribution in [-0.4, -0.2) is 60.6 Å². The minimum atomic E-state index is -7.52. The summed E-state index contributed by atoms with van der Waals surface area (Å²) in [5.74, 6) is -14.2. The summed E-state index contributed by atoms with van der Waals surface area (Å²) in [6.07, 6.45) is -53.2. The highest BCUT2D eigenvalue weighted by Crippen LogP contribution is 2.49. The summed E-state index contributed by atoms with van der Waals surface area (Å²) in [5.41, 5.74) is 0. The molecule has 0 spiro atoms. The van der Waals surface area contributed by atoms with Gasteiger partial charge in [-0.25, -0.2) is 14.2 Å². The first-order chi connectivity index (χ1) is 14.4. The Balaban J connectivity index is 5.74. The summed E-state index contributed by atoms with van der Waals surface area (Å²) in [6, 6.07) is 0. The molecule has 0 N–H and O–H groups in total. The molecule has 0 unspecified atom stereocenters. The van der Waals surface area contributed by atoms with Crippen LogP contribution in [0.4, 0.5) is 79.0 Å². The third-order valence-corrected chi connectivity index (χ3v) is 2.79. The maximum Gasteiger partial charge on any atom is 0.527 e. The van der Waals surface area contributed by atoms with Crippen molar-refractivity contribution in [2.75, 3.05) is 0 Å². The first-order valence-corrected chi connectivity index (χ1v) is 6.99. The molecule has 23 heteroatoms. The van der Waals surface area contributed by atoms with Crippen LogP contribution in [0.15, 0.2) is 0 Å². The lowest BCUT2D eigenvalue weighted by Gasteiger charge is -2.33. The molecule has 0 bridgehead atoms. The predicted octanol–water partition coefficient (Wildman–Crippen LogP) is 5.25. The highest BCUT2D eigenvalue weighted by Gasteiger charge is 2.75. The number of ether oxygens (including phenoxy) is 3. The topological polar surface area (TPSA) is 61.8 Å². The van der Waals surface area contributed by atoms with E-state index in [1.54, 1.807) is 4.74 Å². The van der Waals surface area contributed by atoms with E-state index in [4.69, 9.17) is 0 Å². The van der Waals surface area contributed by atoms with E-state index in [0.29, 0.717) is 0 Å². The van der Waals surface area contributed by atoms with E-state index in [2.05, 4.69) is 0 Å². The zero-order valence-corrected chi connectivity index (χ0v) is 14.6. The van der Waals surface area contributed by atoms with Crippen molar-refractivity contribution >= 4 is 11.6 Å². The number of rotatable bonds is 11. The van der Waals surface area contributed by atoms with Crippen molar-refractivity contribution in [3.8, 4) is 0 Å². The van der Waals surface area contributed by atoms with Crippen LogP contribution in [0.1, 0.15) is 6.42 Å². The van der Waals surface area contributed by atoms with Gasteiger partial charge in [0.2, 0.25) is 11.6 Å². The molecule has 0 radical (unpaired) electrons. The minimum Gasteiger partial charge on any atom is -0.292 e. The molecule has 0 amide bonds. The van der Waals surface area contributed by atoms with Gasteiger partial charge in [0.05, 0.1) is 6.42 Å². The van der Waals surface area contributed by atoms with Crippen LogP contribution in [0.5, 0.6) is 0 Å². The SMILES string of the molecule is O=C(CC(=O)C(F)(F)C(F)(F)F)C(F)(F)OC(F)(F)C(F)(F)OC(F)(F)C(F)(F)OC(F)(F)F. The second-order valence-electron chi connectivity index (χ2n) is 5.43. The van der Waals surface area contributed by atoms with Gasteiger partial charge in [-0.2, -0.15) is 65.9 Å². The number of carbonyl (C=O) groups excluding carboxylic acids is 2. The number of halogens is 18. The Morgan fingerprint density at radius 2 is 0.794 bits per heavy atom. The number of carbonyl (C=O) groups is 2. The van der Waals surface area contributed by atoms with Gasteiger partial charge in [-0.1, -0.05) is 0 Å². The van der Waals surface area contributed by atoms with Crippen LogP contribution in [0.2, 0.25) is 0 Å². The fraction of sp³-hybridized carbons (Fsp3) is 0.818. The molecule has 0 aliphatic carbocycles. The molecule has 0 fully saturated rings. The van der Waals surface area contributed by atoms with Crippen LogP contribution < -0.4 is 0 Å². The lowest BCUT2D eigenvalue weighted by atomic mass is 10.1. The summed E-state index contributed by atoms with van der Waals surface area (Å²) in [4.78, 5) is 21.4. The minimum absolute atomic E-state index is 1.36. The van der Waals surface area contributed by atoms with Gasteiger partial charge in [0.1, 0.15) is 0 Å². The van der Waals surface area contributed by atoms with Gasteiger partial charge in [0.15, 0.2) is 0 Å². The molecule has 0 saturated heterocycles. The van der Waals surface area contributed by atoms with Crippen LogP contribution in [-0.2, 0) is 23.8 Å². The molecule has 34 heavy (non-hydrogen) atoms. The van der Waals surface area contributed by atoms with Crippen molar-refractivity contribution in [1.82, 2.24) is 0 Å². The largest absolute Gasteiger partial charge is 0.527 e. The second-order valence-corrected chi connectivity index (χ2v) is 5.43. The number of hydrogen-bond acceptors (Lipinski definition) is 5. The smallest absolute Gasteiger partial charge is 0.292 e. The molecule has 5 nitrogen and oxygen atoms in total. The van der Waals surface area contributed by atoms with E-state index in [0.717, 1.165) is 0 Å². The molecule has 0 atom stereocenters. The number of ketones is 2. The maximum absolute atomic E-state index is 13.1. The Kier molecular flexibility index (Phi) is 8.34. The zero-order chi connectivity index (χ0) is 28.0. The lowest BCUT2D eigenvalue weighted by molar-refractivity contribution is -0.562. The molecule has 202 valence electrons. The standard InChI is InChI=1S/C11H2F18O5/c12-4(13,6(16,17)18)2(30)1-3(31)5(14,15)32-7(19,20)8(21,22)33-9(23,24)10(25,26)34-11(27,28)29/h1H2. The molecule has 0 heterocycles. The van der Waals surface area contributed by atoms with E-state index >= 15 is 0 Å². The lowest BCUT2D eigenvalue weighted by Crippen LogP contribution is -2.58. The Morgan fingerprint density at radius 3 is 1.12 bits per heavy atom. The molecule has 0 aliphatic rings. The summed E-state index contributed by atoms with van der Waals surface area (Å²) in [5, 5.41) is 0. The molecular formula is C11H2F18O5. The summed E-state index contributed by atoms with van der Waals surface area (Å²) >= 11 is 0. The first-order valence-electron chi connectivity index (χ1n) is 6.99. The average Bonchev–Trinajstić information content (AvgIpc) is 2.48. The van der Waals surface area contributed by atoms with Crippen LogP contribution in [0.25, 0.3) is 0 Å². The molecule has 0 aromatic rings. The van der Waals surface area contributed by atoms with Gasteiger partial charge in [-0.15, -0.1) is 13.2 Å². The molecule has 0 rings (SSSR count).